The molecule has 0 aliphatic rings. The van der Waals surface area contributed by atoms with E-state index in [0.29, 0.717) is 16.5 Å². The minimum atomic E-state index is -0.0270. The summed E-state index contributed by atoms with van der Waals surface area (Å²) in [6.07, 6.45) is 8.67. The van der Waals surface area contributed by atoms with Gasteiger partial charge in [-0.3, -0.25) is 9.36 Å². The van der Waals surface area contributed by atoms with Crippen molar-refractivity contribution in [2.45, 2.75) is 13.0 Å². The highest BCUT2D eigenvalue weighted by Gasteiger charge is 1.98. The number of hydrogen-bond acceptors (Lipinski definition) is 2. The standard InChI is InChI=1S/C8H7IN2O/c1-2-3-4-11-6-10-5-7(9)8(11)12/h1,5-6H,3-4H2. The van der Waals surface area contributed by atoms with Crippen LogP contribution in [-0.4, -0.2) is 9.55 Å². The van der Waals surface area contributed by atoms with E-state index in [1.165, 1.54) is 17.1 Å². The zero-order valence-electron chi connectivity index (χ0n) is 6.33. The van der Waals surface area contributed by atoms with Crippen molar-refractivity contribution in [3.8, 4) is 12.3 Å². The van der Waals surface area contributed by atoms with Gasteiger partial charge in [0, 0.05) is 19.2 Å². The largest absolute Gasteiger partial charge is 0.297 e. The Bertz CT molecular complexity index is 364. The van der Waals surface area contributed by atoms with Crippen LogP contribution in [0.3, 0.4) is 0 Å². The highest BCUT2D eigenvalue weighted by atomic mass is 127. The van der Waals surface area contributed by atoms with E-state index < -0.39 is 0 Å². The number of aryl methyl sites for hydroxylation is 1. The van der Waals surface area contributed by atoms with Crippen molar-refractivity contribution < 1.29 is 0 Å². The molecule has 1 aromatic heterocycles. The molecule has 4 heteroatoms. The van der Waals surface area contributed by atoms with E-state index in [2.05, 4.69) is 10.9 Å². The molecular weight excluding hydrogens is 267 g/mol. The Morgan fingerprint density at radius 2 is 2.50 bits per heavy atom. The van der Waals surface area contributed by atoms with Gasteiger partial charge in [-0.25, -0.2) is 4.98 Å². The molecule has 0 unspecified atom stereocenters. The van der Waals surface area contributed by atoms with Crippen LogP contribution in [0.5, 0.6) is 0 Å². The van der Waals surface area contributed by atoms with Gasteiger partial charge in [-0.2, -0.15) is 0 Å². The molecule has 0 aromatic carbocycles. The fraction of sp³-hybridized carbons (Fsp3) is 0.250. The molecule has 1 heterocycles. The Morgan fingerprint density at radius 3 is 3.17 bits per heavy atom. The predicted octanol–water partition coefficient (Wildman–Crippen LogP) is 0.871. The minimum Gasteiger partial charge on any atom is -0.297 e. The Hall–Kier alpha value is -0.830. The maximum absolute atomic E-state index is 11.3. The molecule has 0 saturated carbocycles. The number of aromatic nitrogens is 2. The van der Waals surface area contributed by atoms with Crippen LogP contribution in [0.25, 0.3) is 0 Å². The molecule has 12 heavy (non-hydrogen) atoms. The lowest BCUT2D eigenvalue weighted by Crippen LogP contribution is -2.22. The zero-order valence-corrected chi connectivity index (χ0v) is 8.48. The molecule has 0 spiro atoms. The summed E-state index contributed by atoms with van der Waals surface area (Å²) in [6.45, 7) is 0.541. The number of rotatable bonds is 2. The minimum absolute atomic E-state index is 0.0270. The smallest absolute Gasteiger partial charge is 0.266 e. The van der Waals surface area contributed by atoms with Gasteiger partial charge in [0.1, 0.15) is 0 Å². The summed E-state index contributed by atoms with van der Waals surface area (Å²) in [7, 11) is 0. The number of nitrogens with zero attached hydrogens (tertiary/aromatic N) is 2. The molecule has 0 radical (unpaired) electrons. The SMILES string of the molecule is C#CCCn1cncc(I)c1=O. The normalized spacial score (nSPS) is 9.33. The Kier molecular flexibility index (Phi) is 3.29. The average Bonchev–Trinajstić information content (AvgIpc) is 2.08. The van der Waals surface area contributed by atoms with Gasteiger partial charge in [0.25, 0.3) is 5.56 Å². The number of halogens is 1. The number of hydrogen-bond donors (Lipinski definition) is 0. The summed E-state index contributed by atoms with van der Waals surface area (Å²) in [6, 6.07) is 0. The van der Waals surface area contributed by atoms with Crippen LogP contribution >= 0.6 is 22.6 Å². The Labute approximate surface area is 84.0 Å². The summed E-state index contributed by atoms with van der Waals surface area (Å²) in [5, 5.41) is 0. The summed E-state index contributed by atoms with van der Waals surface area (Å²) >= 11 is 1.95. The molecular formula is C8H7IN2O. The van der Waals surface area contributed by atoms with Crippen LogP contribution in [0.1, 0.15) is 6.42 Å². The van der Waals surface area contributed by atoms with Crippen molar-refractivity contribution in [1.82, 2.24) is 9.55 Å². The fourth-order valence-corrected chi connectivity index (χ4v) is 1.24. The van der Waals surface area contributed by atoms with Gasteiger partial charge < -0.3 is 0 Å². The molecule has 1 rings (SSSR count). The van der Waals surface area contributed by atoms with Crippen molar-refractivity contribution in [2.75, 3.05) is 0 Å². The topological polar surface area (TPSA) is 34.9 Å². The lowest BCUT2D eigenvalue weighted by Gasteiger charge is -2.00. The van der Waals surface area contributed by atoms with Gasteiger partial charge in [0.15, 0.2) is 0 Å². The molecule has 0 N–H and O–H groups in total. The first-order valence-electron chi connectivity index (χ1n) is 3.39. The first-order valence-corrected chi connectivity index (χ1v) is 4.47. The molecule has 0 aliphatic heterocycles. The Morgan fingerprint density at radius 1 is 1.75 bits per heavy atom. The molecule has 62 valence electrons. The monoisotopic (exact) mass is 274 g/mol. The third kappa shape index (κ3) is 2.08. The van der Waals surface area contributed by atoms with Crippen molar-refractivity contribution in [3.63, 3.8) is 0 Å². The van der Waals surface area contributed by atoms with E-state index in [0.717, 1.165) is 0 Å². The molecule has 0 saturated heterocycles. The molecule has 0 fully saturated rings. The second-order valence-electron chi connectivity index (χ2n) is 2.19. The van der Waals surface area contributed by atoms with Gasteiger partial charge in [-0.1, -0.05) is 0 Å². The third-order valence-electron chi connectivity index (χ3n) is 1.36. The molecule has 0 aliphatic carbocycles. The van der Waals surface area contributed by atoms with E-state index in [9.17, 15) is 4.79 Å². The zero-order chi connectivity index (χ0) is 8.97. The van der Waals surface area contributed by atoms with Crippen LogP contribution in [-0.2, 0) is 6.54 Å². The quantitative estimate of drug-likeness (QED) is 0.592. The predicted molar refractivity (Wildman–Crippen MR) is 54.7 cm³/mol. The first-order chi connectivity index (χ1) is 5.75. The van der Waals surface area contributed by atoms with E-state index in [1.54, 1.807) is 0 Å². The third-order valence-corrected chi connectivity index (χ3v) is 2.10. The van der Waals surface area contributed by atoms with E-state index in [-0.39, 0.29) is 5.56 Å². The summed E-state index contributed by atoms with van der Waals surface area (Å²) in [5.74, 6) is 2.47. The second kappa shape index (κ2) is 4.26. The van der Waals surface area contributed by atoms with Crippen LogP contribution in [0.15, 0.2) is 17.3 Å². The first kappa shape index (κ1) is 9.26. The summed E-state index contributed by atoms with van der Waals surface area (Å²) in [4.78, 5) is 15.2. The lowest BCUT2D eigenvalue weighted by atomic mass is 10.4. The van der Waals surface area contributed by atoms with Gasteiger partial charge >= 0.3 is 0 Å². The molecule has 0 amide bonds. The summed E-state index contributed by atoms with van der Waals surface area (Å²) in [5.41, 5.74) is -0.0270. The van der Waals surface area contributed by atoms with Crippen molar-refractivity contribution in [2.24, 2.45) is 0 Å². The van der Waals surface area contributed by atoms with Crippen LogP contribution in [0, 0.1) is 15.9 Å². The van der Waals surface area contributed by atoms with Crippen LogP contribution < -0.4 is 5.56 Å². The highest BCUT2D eigenvalue weighted by molar-refractivity contribution is 14.1. The van der Waals surface area contributed by atoms with Gasteiger partial charge in [-0.05, 0) is 22.6 Å². The number of terminal acetylenes is 1. The van der Waals surface area contributed by atoms with Gasteiger partial charge in [0.2, 0.25) is 0 Å². The second-order valence-corrected chi connectivity index (χ2v) is 3.36. The average molecular weight is 274 g/mol. The Balaban J connectivity index is 2.95. The molecule has 1 aromatic rings. The molecule has 0 atom stereocenters. The highest BCUT2D eigenvalue weighted by Crippen LogP contribution is 1.93. The van der Waals surface area contributed by atoms with E-state index in [4.69, 9.17) is 6.42 Å². The van der Waals surface area contributed by atoms with Crippen molar-refractivity contribution in [1.29, 1.82) is 0 Å². The lowest BCUT2D eigenvalue weighted by molar-refractivity contribution is 0.668. The van der Waals surface area contributed by atoms with Crippen molar-refractivity contribution in [3.05, 3.63) is 26.4 Å². The maximum Gasteiger partial charge on any atom is 0.266 e. The fourth-order valence-electron chi connectivity index (χ4n) is 0.768. The van der Waals surface area contributed by atoms with E-state index >= 15 is 0 Å². The molecule has 0 bridgehead atoms. The van der Waals surface area contributed by atoms with Crippen LogP contribution in [0.2, 0.25) is 0 Å². The van der Waals surface area contributed by atoms with Gasteiger partial charge in [-0.15, -0.1) is 12.3 Å². The van der Waals surface area contributed by atoms with Gasteiger partial charge in [0.05, 0.1) is 9.90 Å². The molecule has 3 nitrogen and oxygen atoms in total. The van der Waals surface area contributed by atoms with Crippen molar-refractivity contribution >= 4 is 22.6 Å². The summed E-state index contributed by atoms with van der Waals surface area (Å²) < 4.78 is 2.13. The van der Waals surface area contributed by atoms with E-state index in [1.807, 2.05) is 22.6 Å². The maximum atomic E-state index is 11.3. The van der Waals surface area contributed by atoms with Crippen LogP contribution in [0.4, 0.5) is 0 Å².